The molecule has 0 aliphatic heterocycles. The number of carbonyl (C=O) groups is 2. The van der Waals surface area contributed by atoms with E-state index in [-0.39, 0.29) is 5.76 Å². The highest BCUT2D eigenvalue weighted by Gasteiger charge is 2.08. The average molecular weight is 543 g/mol. The SMILES string of the molecule is C=C(C)OC(=O)c1ccc(OC)cc1.C=CCOCCCOc1ccc(C(=O)OC(=C)C=C)cc1.CC.CO. The zero-order valence-electron chi connectivity index (χ0n) is 23.7. The van der Waals surface area contributed by atoms with E-state index in [1.54, 1.807) is 68.6 Å². The Morgan fingerprint density at radius 2 is 1.31 bits per heavy atom. The molecule has 0 bridgehead atoms. The van der Waals surface area contributed by atoms with Crippen LogP contribution in [0.4, 0.5) is 0 Å². The maximum Gasteiger partial charge on any atom is 0.343 e. The van der Waals surface area contributed by atoms with Gasteiger partial charge >= 0.3 is 11.9 Å². The number of benzene rings is 2. The molecule has 0 amide bonds. The molecule has 0 aromatic heterocycles. The number of aliphatic hydroxyl groups excluding tert-OH is 1. The van der Waals surface area contributed by atoms with Crippen molar-refractivity contribution in [3.05, 3.63) is 110 Å². The Kier molecular flexibility index (Phi) is 23.0. The molecule has 0 saturated heterocycles. The minimum atomic E-state index is -0.468. The van der Waals surface area contributed by atoms with E-state index in [0.29, 0.717) is 48.2 Å². The number of ether oxygens (including phenoxy) is 5. The maximum atomic E-state index is 11.7. The number of rotatable bonds is 13. The predicted octanol–water partition coefficient (Wildman–Crippen LogP) is 6.53. The summed E-state index contributed by atoms with van der Waals surface area (Å²) in [5.41, 5.74) is 0.911. The fourth-order valence-corrected chi connectivity index (χ4v) is 2.37. The summed E-state index contributed by atoms with van der Waals surface area (Å²) >= 11 is 0. The molecule has 0 aliphatic rings. The number of allylic oxidation sites excluding steroid dienone is 2. The minimum Gasteiger partial charge on any atom is -0.497 e. The van der Waals surface area contributed by atoms with Crippen LogP contribution in [-0.4, -0.2) is 51.1 Å². The van der Waals surface area contributed by atoms with E-state index >= 15 is 0 Å². The highest BCUT2D eigenvalue weighted by Crippen LogP contribution is 2.15. The Morgan fingerprint density at radius 3 is 1.74 bits per heavy atom. The van der Waals surface area contributed by atoms with Gasteiger partial charge in [-0.05, 0) is 61.5 Å². The second kappa shape index (κ2) is 24.2. The molecule has 0 radical (unpaired) electrons. The lowest BCUT2D eigenvalue weighted by Gasteiger charge is -2.07. The van der Waals surface area contributed by atoms with E-state index < -0.39 is 11.9 Å². The fraction of sp³-hybridized carbons (Fsp3) is 0.290. The third-order valence-corrected chi connectivity index (χ3v) is 4.07. The Labute approximate surface area is 232 Å². The Balaban J connectivity index is 0. The molecule has 2 aromatic carbocycles. The van der Waals surface area contributed by atoms with Crippen LogP contribution < -0.4 is 9.47 Å². The standard InChI is InChI=1S/C17H20O4.C11H12O3.C2H6.CH4O/c1-4-11-19-12-6-13-20-16-9-7-15(8-10-16)17(18)21-14(3)5-2;1-8(2)14-11(12)9-4-6-10(13-3)7-5-9;2*1-2/h4-5,7-10H,1-3,6,11-13H2;4-7H,1H2,2-3H3;1-2H3;2H,1H3. The van der Waals surface area contributed by atoms with Gasteiger partial charge in [0.25, 0.3) is 0 Å². The molecule has 0 aliphatic carbocycles. The zero-order valence-corrected chi connectivity index (χ0v) is 23.7. The van der Waals surface area contributed by atoms with Crippen molar-refractivity contribution in [3.8, 4) is 11.5 Å². The first-order valence-electron chi connectivity index (χ1n) is 12.2. The van der Waals surface area contributed by atoms with Crippen molar-refractivity contribution in [2.24, 2.45) is 0 Å². The van der Waals surface area contributed by atoms with Gasteiger partial charge in [0.15, 0.2) is 0 Å². The van der Waals surface area contributed by atoms with Crippen molar-refractivity contribution in [3.63, 3.8) is 0 Å². The Bertz CT molecular complexity index is 992. The fourth-order valence-electron chi connectivity index (χ4n) is 2.37. The summed E-state index contributed by atoms with van der Waals surface area (Å²) < 4.78 is 25.5. The van der Waals surface area contributed by atoms with Gasteiger partial charge in [-0.3, -0.25) is 0 Å². The highest BCUT2D eigenvalue weighted by atomic mass is 16.5. The lowest BCUT2D eigenvalue weighted by Crippen LogP contribution is -2.05. The van der Waals surface area contributed by atoms with Crippen LogP contribution in [0, 0.1) is 0 Å². The molecule has 0 unspecified atom stereocenters. The van der Waals surface area contributed by atoms with Crippen molar-refractivity contribution in [2.75, 3.05) is 34.0 Å². The van der Waals surface area contributed by atoms with Gasteiger partial charge in [0.2, 0.25) is 0 Å². The van der Waals surface area contributed by atoms with Gasteiger partial charge in [0.05, 0.1) is 43.8 Å². The lowest BCUT2D eigenvalue weighted by molar-refractivity contribution is 0.0621. The summed E-state index contributed by atoms with van der Waals surface area (Å²) in [4.78, 5) is 23.0. The Hall–Kier alpha value is -4.14. The first-order valence-corrected chi connectivity index (χ1v) is 12.2. The molecule has 0 heterocycles. The molecular formula is C31H42O8. The van der Waals surface area contributed by atoms with E-state index in [1.807, 2.05) is 13.8 Å². The van der Waals surface area contributed by atoms with Crippen molar-refractivity contribution in [1.82, 2.24) is 0 Å². The van der Waals surface area contributed by atoms with E-state index in [1.165, 1.54) is 6.08 Å². The number of aliphatic hydroxyl groups is 1. The van der Waals surface area contributed by atoms with Crippen LogP contribution in [0.5, 0.6) is 11.5 Å². The van der Waals surface area contributed by atoms with Crippen LogP contribution in [0.3, 0.4) is 0 Å². The third kappa shape index (κ3) is 17.9. The maximum absolute atomic E-state index is 11.7. The lowest BCUT2D eigenvalue weighted by atomic mass is 10.2. The number of esters is 2. The second-order valence-corrected chi connectivity index (χ2v) is 6.97. The number of carbonyl (C=O) groups excluding carboxylic acids is 2. The van der Waals surface area contributed by atoms with Crippen LogP contribution in [0.15, 0.2) is 98.5 Å². The van der Waals surface area contributed by atoms with Crippen LogP contribution in [-0.2, 0) is 14.2 Å². The summed E-state index contributed by atoms with van der Waals surface area (Å²) in [6.07, 6.45) is 3.88. The van der Waals surface area contributed by atoms with Crippen molar-refractivity contribution in [2.45, 2.75) is 27.2 Å². The van der Waals surface area contributed by atoms with Gasteiger partial charge in [0, 0.05) is 13.5 Å². The summed E-state index contributed by atoms with van der Waals surface area (Å²) in [5, 5.41) is 7.00. The molecule has 2 rings (SSSR count). The summed E-state index contributed by atoms with van der Waals surface area (Å²) in [7, 11) is 2.57. The first-order chi connectivity index (χ1) is 18.8. The van der Waals surface area contributed by atoms with Crippen LogP contribution in [0.25, 0.3) is 0 Å². The van der Waals surface area contributed by atoms with Crippen LogP contribution in [0.1, 0.15) is 47.9 Å². The van der Waals surface area contributed by atoms with Crippen LogP contribution >= 0.6 is 0 Å². The molecule has 214 valence electrons. The molecule has 8 heteroatoms. The monoisotopic (exact) mass is 542 g/mol. The van der Waals surface area contributed by atoms with Gasteiger partial charge < -0.3 is 28.8 Å². The van der Waals surface area contributed by atoms with Gasteiger partial charge in [-0.2, -0.15) is 0 Å². The normalized spacial score (nSPS) is 8.87. The molecule has 0 saturated carbocycles. The average Bonchev–Trinajstić information content (AvgIpc) is 2.97. The highest BCUT2D eigenvalue weighted by molar-refractivity contribution is 5.90. The molecule has 0 spiro atoms. The molecule has 0 fully saturated rings. The Morgan fingerprint density at radius 1 is 0.821 bits per heavy atom. The van der Waals surface area contributed by atoms with Crippen LogP contribution in [0.2, 0.25) is 0 Å². The molecule has 1 N–H and O–H groups in total. The molecule has 2 aromatic rings. The third-order valence-electron chi connectivity index (χ3n) is 4.07. The van der Waals surface area contributed by atoms with E-state index in [0.717, 1.165) is 13.5 Å². The predicted molar refractivity (Wildman–Crippen MR) is 155 cm³/mol. The van der Waals surface area contributed by atoms with Gasteiger partial charge in [-0.1, -0.05) is 39.7 Å². The summed E-state index contributed by atoms with van der Waals surface area (Å²) in [6, 6.07) is 13.4. The number of hydrogen-bond acceptors (Lipinski definition) is 8. The largest absolute Gasteiger partial charge is 0.497 e. The van der Waals surface area contributed by atoms with Crippen molar-refractivity contribution < 1.29 is 38.4 Å². The smallest absolute Gasteiger partial charge is 0.343 e. The van der Waals surface area contributed by atoms with Gasteiger partial charge in [-0.25, -0.2) is 9.59 Å². The molecule has 8 nitrogen and oxygen atoms in total. The first kappa shape index (κ1) is 37.0. The van der Waals surface area contributed by atoms with Crippen molar-refractivity contribution in [1.29, 1.82) is 0 Å². The summed E-state index contributed by atoms with van der Waals surface area (Å²) in [5.74, 6) is 1.13. The minimum absolute atomic E-state index is 0.222. The molecule has 0 atom stereocenters. The molecular weight excluding hydrogens is 500 g/mol. The van der Waals surface area contributed by atoms with Crippen molar-refractivity contribution >= 4 is 11.9 Å². The second-order valence-electron chi connectivity index (χ2n) is 6.97. The van der Waals surface area contributed by atoms with Gasteiger partial charge in [-0.15, -0.1) is 6.58 Å². The molecule has 39 heavy (non-hydrogen) atoms. The topological polar surface area (TPSA) is 101 Å². The van der Waals surface area contributed by atoms with E-state index in [9.17, 15) is 9.59 Å². The van der Waals surface area contributed by atoms with E-state index in [4.69, 9.17) is 28.8 Å². The number of hydrogen-bond donors (Lipinski definition) is 1. The zero-order chi connectivity index (χ0) is 30.1. The number of methoxy groups -OCH3 is 1. The summed E-state index contributed by atoms with van der Waals surface area (Å²) in [6.45, 7) is 21.4. The quantitative estimate of drug-likeness (QED) is 0.100. The van der Waals surface area contributed by atoms with Gasteiger partial charge in [0.1, 0.15) is 17.3 Å². The van der Waals surface area contributed by atoms with E-state index in [2.05, 4.69) is 26.3 Å².